The molecule has 1 aromatic carbocycles. The molecule has 0 amide bonds. The Labute approximate surface area is 80.8 Å². The lowest BCUT2D eigenvalue weighted by atomic mass is 10.0. The van der Waals surface area contributed by atoms with E-state index in [2.05, 4.69) is 0 Å². The van der Waals surface area contributed by atoms with Gasteiger partial charge in [0.1, 0.15) is 11.9 Å². The second-order valence-corrected chi connectivity index (χ2v) is 3.04. The number of halogens is 1. The first-order valence-electron chi connectivity index (χ1n) is 4.19. The van der Waals surface area contributed by atoms with Gasteiger partial charge in [0.2, 0.25) is 0 Å². The minimum Gasteiger partial charge on any atom is -0.507 e. The van der Waals surface area contributed by atoms with Crippen LogP contribution in [0.1, 0.15) is 24.2 Å². The fourth-order valence-corrected chi connectivity index (χ4v) is 1.24. The number of aromatic hydroxyl groups is 1. The average molecular weight is 198 g/mol. The standard InChI is InChI=1S/C10H11FO3/c1-6(11)8-4-2-3-7(10(8)14)5-9(12)13/h2-4,6,14H,5H2,1H3,(H,12,13). The molecule has 0 aliphatic rings. The van der Waals surface area contributed by atoms with Gasteiger partial charge in [-0.25, -0.2) is 4.39 Å². The molecule has 76 valence electrons. The third-order valence-electron chi connectivity index (χ3n) is 1.92. The first kappa shape index (κ1) is 10.5. The number of alkyl halides is 1. The molecule has 1 rings (SSSR count). The van der Waals surface area contributed by atoms with Crippen molar-refractivity contribution < 1.29 is 19.4 Å². The highest BCUT2D eigenvalue weighted by molar-refractivity contribution is 5.71. The van der Waals surface area contributed by atoms with Gasteiger partial charge in [-0.05, 0) is 6.92 Å². The van der Waals surface area contributed by atoms with E-state index in [1.807, 2.05) is 0 Å². The van der Waals surface area contributed by atoms with Gasteiger partial charge in [0.15, 0.2) is 0 Å². The zero-order valence-corrected chi connectivity index (χ0v) is 7.70. The van der Waals surface area contributed by atoms with Crippen molar-refractivity contribution in [1.82, 2.24) is 0 Å². The summed E-state index contributed by atoms with van der Waals surface area (Å²) in [5, 5.41) is 18.0. The maximum atomic E-state index is 12.9. The molecule has 0 bridgehead atoms. The first-order chi connectivity index (χ1) is 6.52. The lowest BCUT2D eigenvalue weighted by molar-refractivity contribution is -0.136. The van der Waals surface area contributed by atoms with E-state index in [1.54, 1.807) is 0 Å². The molecular weight excluding hydrogens is 187 g/mol. The van der Waals surface area contributed by atoms with E-state index in [-0.39, 0.29) is 23.3 Å². The molecule has 0 aliphatic carbocycles. The summed E-state index contributed by atoms with van der Waals surface area (Å²) in [7, 11) is 0. The van der Waals surface area contributed by atoms with E-state index in [4.69, 9.17) is 5.11 Å². The summed E-state index contributed by atoms with van der Waals surface area (Å²) in [5.74, 6) is -1.31. The maximum absolute atomic E-state index is 12.9. The summed E-state index contributed by atoms with van der Waals surface area (Å²) in [6.45, 7) is 1.29. The summed E-state index contributed by atoms with van der Waals surface area (Å²) in [5.41, 5.74) is 0.364. The van der Waals surface area contributed by atoms with Crippen LogP contribution in [0.4, 0.5) is 4.39 Å². The highest BCUT2D eigenvalue weighted by atomic mass is 19.1. The number of hydrogen-bond acceptors (Lipinski definition) is 2. The monoisotopic (exact) mass is 198 g/mol. The lowest BCUT2D eigenvalue weighted by Crippen LogP contribution is -2.01. The summed E-state index contributed by atoms with van der Waals surface area (Å²) < 4.78 is 12.9. The van der Waals surface area contributed by atoms with E-state index in [0.29, 0.717) is 0 Å². The van der Waals surface area contributed by atoms with Crippen LogP contribution in [0.15, 0.2) is 18.2 Å². The Morgan fingerprint density at radius 1 is 1.57 bits per heavy atom. The van der Waals surface area contributed by atoms with Gasteiger partial charge in [0.25, 0.3) is 0 Å². The summed E-state index contributed by atoms with van der Waals surface area (Å²) in [4.78, 5) is 10.4. The van der Waals surface area contributed by atoms with Crippen LogP contribution in [0.5, 0.6) is 5.75 Å². The molecular formula is C10H11FO3. The van der Waals surface area contributed by atoms with E-state index in [1.165, 1.54) is 25.1 Å². The number of carboxylic acids is 1. The van der Waals surface area contributed by atoms with Crippen LogP contribution < -0.4 is 0 Å². The molecule has 1 aromatic rings. The molecule has 0 spiro atoms. The van der Waals surface area contributed by atoms with E-state index >= 15 is 0 Å². The number of phenolic OH excluding ortho intramolecular Hbond substituents is 1. The third kappa shape index (κ3) is 2.22. The predicted octanol–water partition coefficient (Wildman–Crippen LogP) is 2.05. The fraction of sp³-hybridized carbons (Fsp3) is 0.300. The lowest BCUT2D eigenvalue weighted by Gasteiger charge is -2.08. The van der Waals surface area contributed by atoms with E-state index in [9.17, 15) is 14.3 Å². The van der Waals surface area contributed by atoms with Gasteiger partial charge in [-0.15, -0.1) is 0 Å². The Hall–Kier alpha value is -1.58. The van der Waals surface area contributed by atoms with Crippen LogP contribution in [-0.4, -0.2) is 16.2 Å². The van der Waals surface area contributed by atoms with Gasteiger partial charge in [0, 0.05) is 11.1 Å². The number of carboxylic acid groups (broad SMARTS) is 1. The minimum absolute atomic E-state index is 0.128. The van der Waals surface area contributed by atoms with Crippen molar-refractivity contribution in [2.45, 2.75) is 19.5 Å². The van der Waals surface area contributed by atoms with Crippen molar-refractivity contribution in [3.05, 3.63) is 29.3 Å². The highest BCUT2D eigenvalue weighted by Gasteiger charge is 2.13. The topological polar surface area (TPSA) is 57.5 Å². The molecule has 1 unspecified atom stereocenters. The molecule has 0 aliphatic heterocycles. The highest BCUT2D eigenvalue weighted by Crippen LogP contribution is 2.29. The molecule has 4 heteroatoms. The number of hydrogen-bond donors (Lipinski definition) is 2. The number of carbonyl (C=O) groups is 1. The Balaban J connectivity index is 3.07. The van der Waals surface area contributed by atoms with Crippen LogP contribution in [-0.2, 0) is 11.2 Å². The van der Waals surface area contributed by atoms with Gasteiger partial charge < -0.3 is 10.2 Å². The molecule has 0 saturated carbocycles. The number of aliphatic carboxylic acids is 1. The summed E-state index contributed by atoms with van der Waals surface area (Å²) in [6, 6.07) is 4.43. The van der Waals surface area contributed by atoms with Crippen LogP contribution in [0.3, 0.4) is 0 Å². The van der Waals surface area contributed by atoms with Gasteiger partial charge >= 0.3 is 5.97 Å². The van der Waals surface area contributed by atoms with Crippen LogP contribution in [0.2, 0.25) is 0 Å². The fourth-order valence-electron chi connectivity index (χ4n) is 1.24. The smallest absolute Gasteiger partial charge is 0.307 e. The molecule has 0 saturated heterocycles. The van der Waals surface area contributed by atoms with Gasteiger partial charge in [-0.2, -0.15) is 0 Å². The van der Waals surface area contributed by atoms with E-state index in [0.717, 1.165) is 0 Å². The molecule has 14 heavy (non-hydrogen) atoms. The van der Waals surface area contributed by atoms with E-state index < -0.39 is 12.1 Å². The Morgan fingerprint density at radius 2 is 2.21 bits per heavy atom. The molecule has 2 N–H and O–H groups in total. The quantitative estimate of drug-likeness (QED) is 0.781. The SMILES string of the molecule is CC(F)c1cccc(CC(=O)O)c1O. The van der Waals surface area contributed by atoms with Crippen molar-refractivity contribution in [3.63, 3.8) is 0 Å². The molecule has 3 nitrogen and oxygen atoms in total. The van der Waals surface area contributed by atoms with Gasteiger partial charge in [-0.1, -0.05) is 18.2 Å². The van der Waals surface area contributed by atoms with Crippen LogP contribution >= 0.6 is 0 Å². The predicted molar refractivity (Wildman–Crippen MR) is 49.0 cm³/mol. The summed E-state index contributed by atoms with van der Waals surface area (Å²) >= 11 is 0. The zero-order chi connectivity index (χ0) is 10.7. The van der Waals surface area contributed by atoms with Gasteiger partial charge in [-0.3, -0.25) is 4.79 Å². The van der Waals surface area contributed by atoms with Crippen molar-refractivity contribution in [1.29, 1.82) is 0 Å². The van der Waals surface area contributed by atoms with Gasteiger partial charge in [0.05, 0.1) is 6.42 Å². The average Bonchev–Trinajstić information content (AvgIpc) is 2.07. The first-order valence-corrected chi connectivity index (χ1v) is 4.19. The molecule has 0 radical (unpaired) electrons. The molecule has 1 atom stereocenters. The number of para-hydroxylation sites is 1. The number of benzene rings is 1. The summed E-state index contributed by atoms with van der Waals surface area (Å²) in [6.07, 6.45) is -1.60. The van der Waals surface area contributed by atoms with Crippen LogP contribution in [0, 0.1) is 0 Å². The zero-order valence-electron chi connectivity index (χ0n) is 7.70. The number of phenols is 1. The van der Waals surface area contributed by atoms with Crippen molar-refractivity contribution >= 4 is 5.97 Å². The third-order valence-corrected chi connectivity index (χ3v) is 1.92. The normalized spacial score (nSPS) is 12.4. The number of rotatable bonds is 3. The van der Waals surface area contributed by atoms with Crippen molar-refractivity contribution in [2.75, 3.05) is 0 Å². The molecule has 0 heterocycles. The second-order valence-electron chi connectivity index (χ2n) is 3.04. The van der Waals surface area contributed by atoms with Crippen molar-refractivity contribution in [3.8, 4) is 5.75 Å². The molecule has 0 aromatic heterocycles. The van der Waals surface area contributed by atoms with Crippen molar-refractivity contribution in [2.24, 2.45) is 0 Å². The Morgan fingerprint density at radius 3 is 2.71 bits per heavy atom. The minimum atomic E-state index is -1.30. The Kier molecular flexibility index (Phi) is 3.06. The maximum Gasteiger partial charge on any atom is 0.307 e. The largest absolute Gasteiger partial charge is 0.507 e. The Bertz CT molecular complexity index is 347. The second kappa shape index (κ2) is 4.09. The van der Waals surface area contributed by atoms with Crippen LogP contribution in [0.25, 0.3) is 0 Å². The molecule has 0 fully saturated rings.